The Hall–Kier alpha value is -2.37. The number of aliphatic hydroxyl groups is 1. The molecule has 1 fully saturated rings. The Morgan fingerprint density at radius 2 is 1.93 bits per heavy atom. The first-order valence-electron chi connectivity index (χ1n) is 10.9. The molecule has 162 valence electrons. The third kappa shape index (κ3) is 6.85. The summed E-state index contributed by atoms with van der Waals surface area (Å²) >= 11 is 0. The Kier molecular flexibility index (Phi) is 7.88. The van der Waals surface area contributed by atoms with Crippen LogP contribution in [0.2, 0.25) is 0 Å². The third-order valence-corrected chi connectivity index (χ3v) is 5.78. The van der Waals surface area contributed by atoms with Crippen molar-refractivity contribution in [3.8, 4) is 5.75 Å². The highest BCUT2D eigenvalue weighted by molar-refractivity contribution is 5.78. The standard InChI is InChI=1S/C25H34N2O3/c1-20-9-10-23(21(2)17-20)30-19-25(29)12-6-15-27(16-13-25)18-24(28)26-14-11-22-7-4-3-5-8-22/h3-5,7-10,17,29H,6,11-16,18-19H2,1-2H3,(H,26,28)/t25-/m0/s1. The molecule has 0 saturated carbocycles. The van der Waals surface area contributed by atoms with Crippen molar-refractivity contribution in [2.24, 2.45) is 0 Å². The van der Waals surface area contributed by atoms with Crippen LogP contribution in [0.4, 0.5) is 0 Å². The average Bonchev–Trinajstić information content (AvgIpc) is 2.90. The zero-order valence-electron chi connectivity index (χ0n) is 18.2. The molecule has 0 spiro atoms. The lowest BCUT2D eigenvalue weighted by atomic mass is 9.96. The van der Waals surface area contributed by atoms with Gasteiger partial charge in [-0.3, -0.25) is 9.69 Å². The molecule has 3 rings (SSSR count). The maximum atomic E-state index is 12.3. The smallest absolute Gasteiger partial charge is 0.234 e. The van der Waals surface area contributed by atoms with Crippen molar-refractivity contribution in [3.63, 3.8) is 0 Å². The summed E-state index contributed by atoms with van der Waals surface area (Å²) in [5.41, 5.74) is 2.66. The highest BCUT2D eigenvalue weighted by Crippen LogP contribution is 2.25. The van der Waals surface area contributed by atoms with Gasteiger partial charge in [-0.2, -0.15) is 0 Å². The Morgan fingerprint density at radius 1 is 1.13 bits per heavy atom. The minimum atomic E-state index is -0.851. The van der Waals surface area contributed by atoms with Crippen LogP contribution in [0.1, 0.15) is 36.0 Å². The van der Waals surface area contributed by atoms with E-state index in [0.29, 0.717) is 32.5 Å². The number of aryl methyl sites for hydroxylation is 2. The highest BCUT2D eigenvalue weighted by Gasteiger charge is 2.31. The second-order valence-electron chi connectivity index (χ2n) is 8.50. The average molecular weight is 411 g/mol. The molecule has 0 bridgehead atoms. The number of carbonyl (C=O) groups is 1. The zero-order valence-corrected chi connectivity index (χ0v) is 18.2. The fraction of sp³-hybridized carbons (Fsp3) is 0.480. The second-order valence-corrected chi connectivity index (χ2v) is 8.50. The van der Waals surface area contributed by atoms with E-state index >= 15 is 0 Å². The molecule has 1 saturated heterocycles. The largest absolute Gasteiger partial charge is 0.490 e. The van der Waals surface area contributed by atoms with Crippen LogP contribution in [-0.4, -0.2) is 54.3 Å². The van der Waals surface area contributed by atoms with Gasteiger partial charge in [-0.05, 0) is 63.3 Å². The van der Waals surface area contributed by atoms with Gasteiger partial charge in [-0.1, -0.05) is 48.0 Å². The molecule has 1 aliphatic rings. The summed E-state index contributed by atoms with van der Waals surface area (Å²) in [6.45, 7) is 6.90. The van der Waals surface area contributed by atoms with E-state index in [-0.39, 0.29) is 12.5 Å². The van der Waals surface area contributed by atoms with E-state index in [1.807, 2.05) is 37.3 Å². The van der Waals surface area contributed by atoms with Crippen molar-refractivity contribution in [2.45, 2.75) is 45.1 Å². The van der Waals surface area contributed by atoms with Crippen LogP contribution in [0.3, 0.4) is 0 Å². The molecular weight excluding hydrogens is 376 g/mol. The van der Waals surface area contributed by atoms with Gasteiger partial charge in [0.05, 0.1) is 12.1 Å². The van der Waals surface area contributed by atoms with Gasteiger partial charge in [0.15, 0.2) is 0 Å². The molecule has 0 aliphatic carbocycles. The van der Waals surface area contributed by atoms with Crippen LogP contribution in [0.5, 0.6) is 5.75 Å². The fourth-order valence-electron chi connectivity index (χ4n) is 3.96. The topological polar surface area (TPSA) is 61.8 Å². The number of amides is 1. The van der Waals surface area contributed by atoms with Crippen LogP contribution < -0.4 is 10.1 Å². The molecule has 5 heteroatoms. The van der Waals surface area contributed by atoms with Crippen LogP contribution >= 0.6 is 0 Å². The summed E-state index contributed by atoms with van der Waals surface area (Å²) in [5, 5.41) is 14.0. The highest BCUT2D eigenvalue weighted by atomic mass is 16.5. The van der Waals surface area contributed by atoms with Gasteiger partial charge in [0, 0.05) is 13.1 Å². The quantitative estimate of drug-likeness (QED) is 0.701. The molecule has 0 radical (unpaired) electrons. The van der Waals surface area contributed by atoms with Gasteiger partial charge >= 0.3 is 0 Å². The molecule has 2 aromatic carbocycles. The van der Waals surface area contributed by atoms with E-state index in [4.69, 9.17) is 4.74 Å². The van der Waals surface area contributed by atoms with Gasteiger partial charge in [0.2, 0.25) is 5.91 Å². The first kappa shape index (κ1) is 22.3. The van der Waals surface area contributed by atoms with Gasteiger partial charge in [0.1, 0.15) is 12.4 Å². The van der Waals surface area contributed by atoms with E-state index in [0.717, 1.165) is 30.7 Å². The van der Waals surface area contributed by atoms with Crippen molar-refractivity contribution in [3.05, 3.63) is 65.2 Å². The van der Waals surface area contributed by atoms with Crippen LogP contribution in [0.25, 0.3) is 0 Å². The number of ether oxygens (including phenoxy) is 1. The SMILES string of the molecule is Cc1ccc(OC[C@]2(O)CCCN(CC(=O)NCCc3ccccc3)CC2)c(C)c1. The Bertz CT molecular complexity index is 824. The van der Waals surface area contributed by atoms with Gasteiger partial charge in [-0.15, -0.1) is 0 Å². The zero-order chi connectivity index (χ0) is 21.4. The number of nitrogens with one attached hydrogen (secondary N) is 1. The number of likely N-dealkylation sites (tertiary alicyclic amines) is 1. The number of rotatable bonds is 8. The molecule has 1 heterocycles. The molecule has 2 aromatic rings. The lowest BCUT2D eigenvalue weighted by Crippen LogP contribution is -2.40. The van der Waals surface area contributed by atoms with Crippen molar-refractivity contribution < 1.29 is 14.6 Å². The lowest BCUT2D eigenvalue weighted by Gasteiger charge is -2.27. The molecule has 1 amide bonds. The first-order valence-corrected chi connectivity index (χ1v) is 10.9. The molecular formula is C25H34N2O3. The maximum absolute atomic E-state index is 12.3. The molecule has 1 aliphatic heterocycles. The number of nitrogens with zero attached hydrogens (tertiary/aromatic N) is 1. The van der Waals surface area contributed by atoms with Crippen molar-refractivity contribution >= 4 is 5.91 Å². The van der Waals surface area contributed by atoms with Gasteiger partial charge in [-0.25, -0.2) is 0 Å². The summed E-state index contributed by atoms with van der Waals surface area (Å²) < 4.78 is 5.95. The van der Waals surface area contributed by atoms with Crippen molar-refractivity contribution in [2.75, 3.05) is 32.8 Å². The summed E-state index contributed by atoms with van der Waals surface area (Å²) in [6, 6.07) is 16.2. The molecule has 5 nitrogen and oxygen atoms in total. The number of carbonyl (C=O) groups excluding carboxylic acids is 1. The van der Waals surface area contributed by atoms with Crippen LogP contribution in [0, 0.1) is 13.8 Å². The normalized spacial score (nSPS) is 19.8. The number of hydrogen-bond donors (Lipinski definition) is 2. The molecule has 0 aromatic heterocycles. The van der Waals surface area contributed by atoms with E-state index in [9.17, 15) is 9.90 Å². The molecule has 0 unspecified atom stereocenters. The van der Waals surface area contributed by atoms with E-state index < -0.39 is 5.60 Å². The van der Waals surface area contributed by atoms with Crippen molar-refractivity contribution in [1.29, 1.82) is 0 Å². The Labute approximate surface area is 180 Å². The molecule has 2 N–H and O–H groups in total. The minimum absolute atomic E-state index is 0.0444. The fourth-order valence-corrected chi connectivity index (χ4v) is 3.96. The number of benzene rings is 2. The van der Waals surface area contributed by atoms with Crippen molar-refractivity contribution in [1.82, 2.24) is 10.2 Å². The van der Waals surface area contributed by atoms with E-state index in [2.05, 4.69) is 35.3 Å². The summed E-state index contributed by atoms with van der Waals surface area (Å²) in [7, 11) is 0. The first-order chi connectivity index (χ1) is 14.4. The summed E-state index contributed by atoms with van der Waals surface area (Å²) in [4.78, 5) is 14.4. The summed E-state index contributed by atoms with van der Waals surface area (Å²) in [5.74, 6) is 0.871. The van der Waals surface area contributed by atoms with E-state index in [1.165, 1.54) is 11.1 Å². The van der Waals surface area contributed by atoms with Gasteiger partial charge in [0.25, 0.3) is 0 Å². The lowest BCUT2D eigenvalue weighted by molar-refractivity contribution is -0.122. The molecule has 30 heavy (non-hydrogen) atoms. The van der Waals surface area contributed by atoms with Crippen LogP contribution in [-0.2, 0) is 11.2 Å². The minimum Gasteiger partial charge on any atom is -0.490 e. The number of hydrogen-bond acceptors (Lipinski definition) is 4. The predicted molar refractivity (Wildman–Crippen MR) is 120 cm³/mol. The van der Waals surface area contributed by atoms with E-state index in [1.54, 1.807) is 0 Å². The third-order valence-electron chi connectivity index (χ3n) is 5.78. The monoisotopic (exact) mass is 410 g/mol. The summed E-state index contributed by atoms with van der Waals surface area (Å²) in [6.07, 6.45) is 2.98. The molecule has 1 atom stereocenters. The predicted octanol–water partition coefficient (Wildman–Crippen LogP) is 3.26. The Balaban J connectivity index is 1.41. The maximum Gasteiger partial charge on any atom is 0.234 e. The van der Waals surface area contributed by atoms with Crippen LogP contribution in [0.15, 0.2) is 48.5 Å². The Morgan fingerprint density at radius 3 is 2.70 bits per heavy atom. The van der Waals surface area contributed by atoms with Gasteiger partial charge < -0.3 is 15.2 Å². The second kappa shape index (κ2) is 10.6.